The van der Waals surface area contributed by atoms with E-state index in [1.807, 2.05) is 0 Å². The number of rotatable bonds is 4. The Balaban J connectivity index is 0.00000256. The van der Waals surface area contributed by atoms with Crippen molar-refractivity contribution in [2.75, 3.05) is 7.11 Å². The third-order valence-electron chi connectivity index (χ3n) is 2.80. The maximum absolute atomic E-state index is 11.1. The van der Waals surface area contributed by atoms with E-state index < -0.39 is 17.4 Å². The van der Waals surface area contributed by atoms with Crippen molar-refractivity contribution < 1.29 is 14.6 Å². The summed E-state index contributed by atoms with van der Waals surface area (Å²) in [5.41, 5.74) is 5.74. The molecule has 17 heavy (non-hydrogen) atoms. The standard InChI is InChI=1S/C12H17NO3.ClH/c1-12(2,11(14)15)10(13)8-4-6-9(16-3)7-5-8;/h4-7,10H,13H2,1-3H3,(H,14,15);1H. The number of methoxy groups -OCH3 is 1. The molecule has 0 aromatic heterocycles. The SMILES string of the molecule is COc1ccc(C(N)C(C)(C)C(=O)O)cc1.Cl. The molecule has 1 aromatic carbocycles. The van der Waals surface area contributed by atoms with Gasteiger partial charge in [0.25, 0.3) is 0 Å². The fourth-order valence-corrected chi connectivity index (χ4v) is 1.36. The monoisotopic (exact) mass is 259 g/mol. The number of nitrogens with two attached hydrogens (primary N) is 1. The molecule has 0 aliphatic rings. The van der Waals surface area contributed by atoms with Gasteiger partial charge >= 0.3 is 5.97 Å². The van der Waals surface area contributed by atoms with Crippen molar-refractivity contribution in [3.05, 3.63) is 29.8 Å². The van der Waals surface area contributed by atoms with E-state index in [4.69, 9.17) is 15.6 Å². The summed E-state index contributed by atoms with van der Waals surface area (Å²) < 4.78 is 5.02. The Bertz CT molecular complexity index is 376. The smallest absolute Gasteiger partial charge is 0.311 e. The molecule has 0 saturated carbocycles. The largest absolute Gasteiger partial charge is 0.497 e. The molecule has 1 atom stereocenters. The first-order valence-corrected chi connectivity index (χ1v) is 5.02. The van der Waals surface area contributed by atoms with Crippen LogP contribution in [0.15, 0.2) is 24.3 Å². The minimum atomic E-state index is -0.991. The average molecular weight is 260 g/mol. The van der Waals surface area contributed by atoms with Crippen LogP contribution < -0.4 is 10.5 Å². The van der Waals surface area contributed by atoms with Gasteiger partial charge in [-0.05, 0) is 31.5 Å². The Kier molecular flexibility index (Phi) is 5.45. The van der Waals surface area contributed by atoms with Crippen LogP contribution in [0, 0.1) is 5.41 Å². The molecule has 0 heterocycles. The second-order valence-electron chi connectivity index (χ2n) is 4.28. The molecular formula is C12H18ClNO3. The van der Waals surface area contributed by atoms with Crippen LogP contribution in [0.1, 0.15) is 25.5 Å². The second kappa shape index (κ2) is 5.89. The number of halogens is 1. The van der Waals surface area contributed by atoms with Gasteiger partial charge in [0.1, 0.15) is 5.75 Å². The van der Waals surface area contributed by atoms with Crippen LogP contribution >= 0.6 is 12.4 Å². The average Bonchev–Trinajstić information content (AvgIpc) is 2.28. The molecule has 0 amide bonds. The van der Waals surface area contributed by atoms with Crippen LogP contribution in [-0.2, 0) is 4.79 Å². The lowest BCUT2D eigenvalue weighted by atomic mass is 9.81. The quantitative estimate of drug-likeness (QED) is 0.870. The van der Waals surface area contributed by atoms with Gasteiger partial charge in [0.2, 0.25) is 0 Å². The molecule has 1 rings (SSSR count). The topological polar surface area (TPSA) is 72.5 Å². The summed E-state index contributed by atoms with van der Waals surface area (Å²) in [5, 5.41) is 9.07. The zero-order valence-electron chi connectivity index (χ0n) is 10.1. The van der Waals surface area contributed by atoms with Crippen molar-refractivity contribution >= 4 is 18.4 Å². The maximum Gasteiger partial charge on any atom is 0.311 e. The van der Waals surface area contributed by atoms with Crippen LogP contribution in [0.25, 0.3) is 0 Å². The van der Waals surface area contributed by atoms with Gasteiger partial charge in [-0.2, -0.15) is 0 Å². The number of carboxylic acids is 1. The molecule has 1 aromatic rings. The van der Waals surface area contributed by atoms with Crippen LogP contribution in [0.4, 0.5) is 0 Å². The van der Waals surface area contributed by atoms with Gasteiger partial charge in [0, 0.05) is 6.04 Å². The molecule has 1 unspecified atom stereocenters. The highest BCUT2D eigenvalue weighted by Gasteiger charge is 2.35. The second-order valence-corrected chi connectivity index (χ2v) is 4.28. The number of carboxylic acid groups (broad SMARTS) is 1. The van der Waals surface area contributed by atoms with Gasteiger partial charge < -0.3 is 15.6 Å². The lowest BCUT2D eigenvalue weighted by molar-refractivity contribution is -0.148. The highest BCUT2D eigenvalue weighted by Crippen LogP contribution is 2.32. The highest BCUT2D eigenvalue weighted by molar-refractivity contribution is 5.85. The van der Waals surface area contributed by atoms with Crippen molar-refractivity contribution in [2.24, 2.45) is 11.1 Å². The number of hydrogen-bond donors (Lipinski definition) is 2. The molecule has 5 heteroatoms. The summed E-state index contributed by atoms with van der Waals surface area (Å²) in [5.74, 6) is -0.181. The zero-order chi connectivity index (χ0) is 12.3. The van der Waals surface area contributed by atoms with E-state index in [-0.39, 0.29) is 12.4 Å². The van der Waals surface area contributed by atoms with E-state index in [0.717, 1.165) is 11.3 Å². The van der Waals surface area contributed by atoms with E-state index in [9.17, 15) is 4.79 Å². The Morgan fingerprint density at radius 1 is 1.35 bits per heavy atom. The van der Waals surface area contributed by atoms with Crippen molar-refractivity contribution in [3.63, 3.8) is 0 Å². The molecule has 0 spiro atoms. The predicted molar refractivity (Wildman–Crippen MR) is 68.6 cm³/mol. The maximum atomic E-state index is 11.1. The van der Waals surface area contributed by atoms with Gasteiger partial charge in [-0.15, -0.1) is 12.4 Å². The summed E-state index contributed by atoms with van der Waals surface area (Å²) in [6, 6.07) is 6.57. The first-order valence-electron chi connectivity index (χ1n) is 5.02. The molecule has 0 fully saturated rings. The number of carbonyl (C=O) groups is 1. The Hall–Kier alpha value is -1.26. The van der Waals surface area contributed by atoms with Gasteiger partial charge in [-0.25, -0.2) is 0 Å². The van der Waals surface area contributed by atoms with E-state index in [2.05, 4.69) is 0 Å². The molecule has 0 aliphatic heterocycles. The van der Waals surface area contributed by atoms with Gasteiger partial charge in [0.15, 0.2) is 0 Å². The number of benzene rings is 1. The van der Waals surface area contributed by atoms with Crippen molar-refractivity contribution in [2.45, 2.75) is 19.9 Å². The van der Waals surface area contributed by atoms with Crippen LogP contribution in [-0.4, -0.2) is 18.2 Å². The van der Waals surface area contributed by atoms with Crippen molar-refractivity contribution in [3.8, 4) is 5.75 Å². The molecule has 96 valence electrons. The Morgan fingerprint density at radius 2 is 1.82 bits per heavy atom. The first-order chi connectivity index (χ1) is 7.39. The molecule has 0 radical (unpaired) electrons. The number of ether oxygens (including phenoxy) is 1. The fraction of sp³-hybridized carbons (Fsp3) is 0.417. The van der Waals surface area contributed by atoms with E-state index >= 15 is 0 Å². The van der Waals surface area contributed by atoms with Crippen LogP contribution in [0.2, 0.25) is 0 Å². The lowest BCUT2D eigenvalue weighted by Gasteiger charge is -2.27. The van der Waals surface area contributed by atoms with Crippen molar-refractivity contribution in [1.29, 1.82) is 0 Å². The molecule has 4 nitrogen and oxygen atoms in total. The number of aliphatic carboxylic acids is 1. The highest BCUT2D eigenvalue weighted by atomic mass is 35.5. The summed E-state index contributed by atoms with van der Waals surface area (Å²) in [6.45, 7) is 3.23. The molecular weight excluding hydrogens is 242 g/mol. The fourth-order valence-electron chi connectivity index (χ4n) is 1.36. The van der Waals surface area contributed by atoms with E-state index in [1.54, 1.807) is 45.2 Å². The minimum absolute atomic E-state index is 0. The summed E-state index contributed by atoms with van der Waals surface area (Å²) in [7, 11) is 1.58. The predicted octanol–water partition coefficient (Wildman–Crippen LogP) is 2.23. The third kappa shape index (κ3) is 3.35. The van der Waals surface area contributed by atoms with Crippen LogP contribution in [0.3, 0.4) is 0 Å². The normalized spacial score (nSPS) is 12.5. The summed E-state index contributed by atoms with van der Waals surface area (Å²) >= 11 is 0. The Labute approximate surface area is 107 Å². The van der Waals surface area contributed by atoms with Gasteiger partial charge in [-0.1, -0.05) is 12.1 Å². The zero-order valence-corrected chi connectivity index (χ0v) is 11.0. The van der Waals surface area contributed by atoms with Crippen molar-refractivity contribution in [1.82, 2.24) is 0 Å². The third-order valence-corrected chi connectivity index (χ3v) is 2.80. The van der Waals surface area contributed by atoms with Crippen LogP contribution in [0.5, 0.6) is 5.75 Å². The molecule has 0 saturated heterocycles. The first kappa shape index (κ1) is 15.7. The summed E-state index contributed by atoms with van der Waals surface area (Å²) in [4.78, 5) is 11.1. The lowest BCUT2D eigenvalue weighted by Crippen LogP contribution is -2.36. The summed E-state index contributed by atoms with van der Waals surface area (Å²) in [6.07, 6.45) is 0. The minimum Gasteiger partial charge on any atom is -0.497 e. The molecule has 0 aliphatic carbocycles. The van der Waals surface area contributed by atoms with E-state index in [1.165, 1.54) is 0 Å². The molecule has 3 N–H and O–H groups in total. The van der Waals surface area contributed by atoms with Gasteiger partial charge in [0.05, 0.1) is 12.5 Å². The number of hydrogen-bond acceptors (Lipinski definition) is 3. The van der Waals surface area contributed by atoms with Gasteiger partial charge in [-0.3, -0.25) is 4.79 Å². The molecule has 0 bridgehead atoms. The van der Waals surface area contributed by atoms with E-state index in [0.29, 0.717) is 0 Å². The Morgan fingerprint density at radius 3 is 2.18 bits per heavy atom.